The van der Waals surface area contributed by atoms with E-state index in [2.05, 4.69) is 9.47 Å². The highest BCUT2D eigenvalue weighted by atomic mass is 19.4. The van der Waals surface area contributed by atoms with Crippen molar-refractivity contribution in [2.24, 2.45) is 0 Å². The highest BCUT2D eigenvalue weighted by Gasteiger charge is 2.31. The van der Waals surface area contributed by atoms with Gasteiger partial charge in [-0.3, -0.25) is 0 Å². The number of aliphatic carboxylic acids is 1. The van der Waals surface area contributed by atoms with Crippen molar-refractivity contribution in [3.63, 3.8) is 0 Å². The molecule has 3 aromatic carbocycles. The Morgan fingerprint density at radius 3 is 2.03 bits per heavy atom. The van der Waals surface area contributed by atoms with Crippen LogP contribution in [0.3, 0.4) is 0 Å². The number of benzene rings is 3. The predicted molar refractivity (Wildman–Crippen MR) is 118 cm³/mol. The molecule has 9 heteroatoms. The van der Waals surface area contributed by atoms with Gasteiger partial charge in [0.05, 0.1) is 12.7 Å². The SMILES string of the molecule is COC(=O)c1ccc(Oc2ccc(-c3ccc(OC(F)(F)F)cc3)cc2C=C(C)C(=O)O)cc1. The summed E-state index contributed by atoms with van der Waals surface area (Å²) in [6, 6.07) is 16.4. The summed E-state index contributed by atoms with van der Waals surface area (Å²) in [5.41, 5.74) is 2.04. The smallest absolute Gasteiger partial charge is 0.478 e. The lowest BCUT2D eigenvalue weighted by Gasteiger charge is -2.13. The van der Waals surface area contributed by atoms with E-state index in [0.29, 0.717) is 33.8 Å². The molecular formula is C25H19F3O6. The van der Waals surface area contributed by atoms with Crippen molar-refractivity contribution in [3.05, 3.63) is 83.4 Å². The quantitative estimate of drug-likeness (QED) is 0.320. The first-order valence-corrected chi connectivity index (χ1v) is 9.84. The fourth-order valence-electron chi connectivity index (χ4n) is 2.98. The van der Waals surface area contributed by atoms with Crippen LogP contribution in [0, 0.1) is 0 Å². The second-order valence-electron chi connectivity index (χ2n) is 7.08. The number of carbonyl (C=O) groups is 2. The molecule has 3 rings (SSSR count). The molecular weight excluding hydrogens is 453 g/mol. The van der Waals surface area contributed by atoms with Crippen LogP contribution in [-0.4, -0.2) is 30.5 Å². The molecule has 0 atom stereocenters. The van der Waals surface area contributed by atoms with Crippen LogP contribution in [-0.2, 0) is 9.53 Å². The van der Waals surface area contributed by atoms with Crippen molar-refractivity contribution in [1.82, 2.24) is 0 Å². The van der Waals surface area contributed by atoms with Gasteiger partial charge >= 0.3 is 18.3 Å². The summed E-state index contributed by atoms with van der Waals surface area (Å²) in [6.45, 7) is 1.42. The molecule has 6 nitrogen and oxygen atoms in total. The van der Waals surface area contributed by atoms with Crippen LogP contribution in [0.15, 0.2) is 72.3 Å². The van der Waals surface area contributed by atoms with Crippen molar-refractivity contribution < 1.29 is 42.1 Å². The maximum atomic E-state index is 12.4. The Labute approximate surface area is 192 Å². The van der Waals surface area contributed by atoms with Gasteiger partial charge in [-0.1, -0.05) is 18.2 Å². The molecule has 0 saturated carbocycles. The molecule has 0 spiro atoms. The lowest BCUT2D eigenvalue weighted by atomic mass is 10.0. The summed E-state index contributed by atoms with van der Waals surface area (Å²) in [6.07, 6.45) is -3.37. The largest absolute Gasteiger partial charge is 0.573 e. The standard InChI is InChI=1S/C25H19F3O6/c1-15(23(29)30)13-19-14-18(16-3-10-21(11-4-16)34-25(26,27)28)7-12-22(19)33-20-8-5-17(6-9-20)24(31)32-2/h3-14H,1-2H3,(H,29,30). The fraction of sp³-hybridized carbons (Fsp3) is 0.120. The van der Waals surface area contributed by atoms with Crippen LogP contribution in [0.1, 0.15) is 22.8 Å². The first kappa shape index (κ1) is 24.4. The molecule has 176 valence electrons. The summed E-state index contributed by atoms with van der Waals surface area (Å²) < 4.78 is 51.6. The summed E-state index contributed by atoms with van der Waals surface area (Å²) in [5, 5.41) is 9.28. The van der Waals surface area contributed by atoms with Crippen molar-refractivity contribution in [1.29, 1.82) is 0 Å². The number of esters is 1. The summed E-state index contributed by atoms with van der Waals surface area (Å²) >= 11 is 0. The highest BCUT2D eigenvalue weighted by Crippen LogP contribution is 2.33. The molecule has 0 saturated heterocycles. The van der Waals surface area contributed by atoms with Crippen LogP contribution in [0.5, 0.6) is 17.2 Å². The Bertz CT molecular complexity index is 1210. The van der Waals surface area contributed by atoms with Gasteiger partial charge in [-0.05, 0) is 72.7 Å². The molecule has 0 aromatic heterocycles. The van der Waals surface area contributed by atoms with Gasteiger partial charge in [0, 0.05) is 11.1 Å². The summed E-state index contributed by atoms with van der Waals surface area (Å²) in [4.78, 5) is 22.9. The van der Waals surface area contributed by atoms with Gasteiger partial charge in [0.25, 0.3) is 0 Å². The number of carbonyl (C=O) groups excluding carboxylic acids is 1. The van der Waals surface area contributed by atoms with Crippen molar-refractivity contribution >= 4 is 18.0 Å². The molecule has 3 aromatic rings. The van der Waals surface area contributed by atoms with Gasteiger partial charge in [-0.25, -0.2) is 9.59 Å². The molecule has 34 heavy (non-hydrogen) atoms. The number of alkyl halides is 3. The zero-order chi connectivity index (χ0) is 24.9. The number of rotatable bonds is 7. The zero-order valence-electron chi connectivity index (χ0n) is 18.1. The van der Waals surface area contributed by atoms with E-state index in [4.69, 9.17) is 4.74 Å². The number of halogens is 3. The summed E-state index contributed by atoms with van der Waals surface area (Å²) in [7, 11) is 1.27. The number of carboxylic acid groups (broad SMARTS) is 1. The van der Waals surface area contributed by atoms with E-state index in [1.165, 1.54) is 56.5 Å². The maximum Gasteiger partial charge on any atom is 0.573 e. The monoisotopic (exact) mass is 472 g/mol. The Hall–Kier alpha value is -4.27. The first-order chi connectivity index (χ1) is 16.1. The molecule has 0 radical (unpaired) electrons. The molecule has 0 unspecified atom stereocenters. The number of carboxylic acids is 1. The van der Waals surface area contributed by atoms with E-state index < -0.39 is 18.3 Å². The van der Waals surface area contributed by atoms with Crippen molar-refractivity contribution in [2.75, 3.05) is 7.11 Å². The third kappa shape index (κ3) is 6.38. The minimum Gasteiger partial charge on any atom is -0.478 e. The lowest BCUT2D eigenvalue weighted by Crippen LogP contribution is -2.16. The third-order valence-electron chi connectivity index (χ3n) is 4.64. The molecule has 1 N–H and O–H groups in total. The second kappa shape index (κ2) is 10.1. The minimum absolute atomic E-state index is 0.0527. The molecule has 0 aliphatic carbocycles. The van der Waals surface area contributed by atoms with Crippen LogP contribution >= 0.6 is 0 Å². The van der Waals surface area contributed by atoms with E-state index in [-0.39, 0.29) is 11.3 Å². The lowest BCUT2D eigenvalue weighted by molar-refractivity contribution is -0.274. The number of hydrogen-bond acceptors (Lipinski definition) is 5. The minimum atomic E-state index is -4.79. The number of ether oxygens (including phenoxy) is 3. The van der Waals surface area contributed by atoms with E-state index in [1.54, 1.807) is 30.3 Å². The van der Waals surface area contributed by atoms with Gasteiger partial charge in [0.15, 0.2) is 0 Å². The van der Waals surface area contributed by atoms with Crippen LogP contribution < -0.4 is 9.47 Å². The Balaban J connectivity index is 1.94. The Morgan fingerprint density at radius 2 is 1.47 bits per heavy atom. The molecule has 0 bridgehead atoms. The van der Waals surface area contributed by atoms with Gasteiger partial charge in [-0.15, -0.1) is 13.2 Å². The Morgan fingerprint density at radius 1 is 0.882 bits per heavy atom. The molecule has 0 amide bonds. The normalized spacial score (nSPS) is 11.6. The second-order valence-corrected chi connectivity index (χ2v) is 7.08. The van der Waals surface area contributed by atoms with Crippen molar-refractivity contribution in [2.45, 2.75) is 13.3 Å². The van der Waals surface area contributed by atoms with Gasteiger partial charge < -0.3 is 19.3 Å². The molecule has 0 fully saturated rings. The molecule has 0 aliphatic rings. The third-order valence-corrected chi connectivity index (χ3v) is 4.64. The molecule has 0 heterocycles. The first-order valence-electron chi connectivity index (χ1n) is 9.84. The zero-order valence-corrected chi connectivity index (χ0v) is 18.1. The van der Waals surface area contributed by atoms with Crippen LogP contribution in [0.25, 0.3) is 17.2 Å². The van der Waals surface area contributed by atoms with Gasteiger partial charge in [-0.2, -0.15) is 0 Å². The molecule has 0 aliphatic heterocycles. The van der Waals surface area contributed by atoms with Gasteiger partial charge in [0.2, 0.25) is 0 Å². The average molecular weight is 472 g/mol. The fourth-order valence-corrected chi connectivity index (χ4v) is 2.98. The van der Waals surface area contributed by atoms with E-state index in [1.807, 2.05) is 0 Å². The predicted octanol–water partition coefficient (Wildman–Crippen LogP) is 6.32. The number of hydrogen-bond donors (Lipinski definition) is 1. The average Bonchev–Trinajstić information content (AvgIpc) is 2.79. The number of methoxy groups -OCH3 is 1. The van der Waals surface area contributed by atoms with Crippen LogP contribution in [0.2, 0.25) is 0 Å². The van der Waals surface area contributed by atoms with E-state index in [9.17, 15) is 27.9 Å². The summed E-state index contributed by atoms with van der Waals surface area (Å²) in [5.74, 6) is -1.23. The van der Waals surface area contributed by atoms with Crippen molar-refractivity contribution in [3.8, 4) is 28.4 Å². The van der Waals surface area contributed by atoms with E-state index >= 15 is 0 Å². The highest BCUT2D eigenvalue weighted by molar-refractivity contribution is 5.92. The maximum absolute atomic E-state index is 12.4. The van der Waals surface area contributed by atoms with E-state index in [0.717, 1.165) is 0 Å². The van der Waals surface area contributed by atoms with Crippen LogP contribution in [0.4, 0.5) is 13.2 Å². The Kier molecular flexibility index (Phi) is 7.25. The van der Waals surface area contributed by atoms with Gasteiger partial charge in [0.1, 0.15) is 17.2 Å². The topological polar surface area (TPSA) is 82.1 Å².